The Labute approximate surface area is 87.9 Å². The lowest BCUT2D eigenvalue weighted by atomic mass is 10.2. The molecule has 0 fully saturated rings. The molecule has 0 aromatic carbocycles. The van der Waals surface area contributed by atoms with Crippen molar-refractivity contribution < 1.29 is 0 Å². The molecular formula is C7H7I2N. The highest BCUT2D eigenvalue weighted by atomic mass is 127. The molecule has 0 bridgehead atoms. The Hall–Kier alpha value is 0.610. The zero-order chi connectivity index (χ0) is 7.40. The van der Waals surface area contributed by atoms with Crippen molar-refractivity contribution in [3.05, 3.63) is 30.1 Å². The Balaban J connectivity index is 2.59. The molecule has 0 radical (unpaired) electrons. The van der Waals surface area contributed by atoms with Gasteiger partial charge in [-0.25, -0.2) is 0 Å². The number of rotatable bonds is 2. The molecular weight excluding hydrogens is 352 g/mol. The van der Waals surface area contributed by atoms with E-state index in [9.17, 15) is 0 Å². The van der Waals surface area contributed by atoms with Crippen molar-refractivity contribution in [2.24, 2.45) is 0 Å². The zero-order valence-corrected chi connectivity index (χ0v) is 9.61. The van der Waals surface area contributed by atoms with E-state index in [1.807, 2.05) is 12.4 Å². The first-order valence-electron chi connectivity index (χ1n) is 2.96. The Morgan fingerprint density at radius 2 is 1.90 bits per heavy atom. The van der Waals surface area contributed by atoms with E-state index >= 15 is 0 Å². The van der Waals surface area contributed by atoms with Crippen LogP contribution in [0.15, 0.2) is 24.5 Å². The average Bonchev–Trinajstić information content (AvgIpc) is 1.88. The molecule has 0 aliphatic heterocycles. The highest BCUT2D eigenvalue weighted by molar-refractivity contribution is 14.2. The summed E-state index contributed by atoms with van der Waals surface area (Å²) in [5.74, 6) is 0. The smallest absolute Gasteiger partial charge is 0.0666 e. The fourth-order valence-electron chi connectivity index (χ4n) is 0.697. The number of aromatic nitrogens is 1. The molecule has 0 aliphatic rings. The summed E-state index contributed by atoms with van der Waals surface area (Å²) in [6.07, 6.45) is 4.81. The van der Waals surface area contributed by atoms with E-state index in [0.717, 1.165) is 6.42 Å². The van der Waals surface area contributed by atoms with Crippen LogP contribution < -0.4 is 0 Å². The van der Waals surface area contributed by atoms with Crippen LogP contribution in [0.2, 0.25) is 0 Å². The van der Waals surface area contributed by atoms with E-state index in [1.54, 1.807) is 0 Å². The fraction of sp³-hybridized carbons (Fsp3) is 0.286. The van der Waals surface area contributed by atoms with Gasteiger partial charge in [0, 0.05) is 12.4 Å². The predicted octanol–water partition coefficient (Wildman–Crippen LogP) is 2.82. The summed E-state index contributed by atoms with van der Waals surface area (Å²) in [4.78, 5) is 3.95. The molecule has 0 aliphatic carbocycles. The van der Waals surface area contributed by atoms with Gasteiger partial charge in [-0.2, -0.15) is 0 Å². The maximum absolute atomic E-state index is 3.95. The minimum absolute atomic E-state index is 0.678. The molecule has 0 unspecified atom stereocenters. The third-order valence-electron chi connectivity index (χ3n) is 1.14. The number of pyridine rings is 1. The van der Waals surface area contributed by atoms with Crippen molar-refractivity contribution in [3.63, 3.8) is 0 Å². The largest absolute Gasteiger partial charge is 0.265 e. The number of hydrogen-bond donors (Lipinski definition) is 0. The normalized spacial score (nSPS) is 10.3. The first-order valence-corrected chi connectivity index (χ1v) is 5.45. The van der Waals surface area contributed by atoms with Crippen molar-refractivity contribution >= 4 is 45.2 Å². The van der Waals surface area contributed by atoms with Crippen molar-refractivity contribution in [2.75, 3.05) is 0 Å². The van der Waals surface area contributed by atoms with Gasteiger partial charge in [-0.1, -0.05) is 45.2 Å². The molecule has 1 aromatic rings. The second kappa shape index (κ2) is 4.48. The molecule has 54 valence electrons. The Bertz CT molecular complexity index is 186. The maximum Gasteiger partial charge on any atom is 0.0666 e. The van der Waals surface area contributed by atoms with Gasteiger partial charge in [-0.05, 0) is 24.1 Å². The third kappa shape index (κ3) is 3.14. The Kier molecular flexibility index (Phi) is 3.90. The van der Waals surface area contributed by atoms with Crippen LogP contribution in [0.4, 0.5) is 0 Å². The summed E-state index contributed by atoms with van der Waals surface area (Å²) in [5.41, 5.74) is 1.36. The van der Waals surface area contributed by atoms with Gasteiger partial charge in [0.2, 0.25) is 0 Å². The number of nitrogens with zero attached hydrogens (tertiary/aromatic N) is 1. The summed E-state index contributed by atoms with van der Waals surface area (Å²) in [6.45, 7) is 0. The Morgan fingerprint density at radius 1 is 1.30 bits per heavy atom. The van der Waals surface area contributed by atoms with Crippen LogP contribution in [0.1, 0.15) is 5.56 Å². The van der Waals surface area contributed by atoms with Gasteiger partial charge in [-0.3, -0.25) is 4.98 Å². The molecule has 3 heteroatoms. The first kappa shape index (κ1) is 8.70. The monoisotopic (exact) mass is 359 g/mol. The lowest BCUT2D eigenvalue weighted by Crippen LogP contribution is -1.91. The second-order valence-corrected chi connectivity index (χ2v) is 7.34. The van der Waals surface area contributed by atoms with Crippen molar-refractivity contribution in [3.8, 4) is 0 Å². The van der Waals surface area contributed by atoms with Crippen molar-refractivity contribution in [2.45, 2.75) is 8.35 Å². The lowest BCUT2D eigenvalue weighted by molar-refractivity contribution is 1.13. The molecule has 1 heterocycles. The average molecular weight is 359 g/mol. The summed E-state index contributed by atoms with van der Waals surface area (Å²) in [6, 6.07) is 4.12. The SMILES string of the molecule is IC(I)Cc1ccncc1. The van der Waals surface area contributed by atoms with Crippen LogP contribution in [-0.2, 0) is 6.42 Å². The highest BCUT2D eigenvalue weighted by Gasteiger charge is 1.97. The number of hydrogen-bond acceptors (Lipinski definition) is 1. The molecule has 1 aromatic heterocycles. The molecule has 0 saturated carbocycles. The van der Waals surface area contributed by atoms with Gasteiger partial charge in [0.25, 0.3) is 0 Å². The standard InChI is InChI=1S/C7H7I2N/c8-7(9)5-6-1-3-10-4-2-6/h1-4,7H,5H2. The third-order valence-corrected chi connectivity index (χ3v) is 2.02. The van der Waals surface area contributed by atoms with E-state index in [4.69, 9.17) is 0 Å². The lowest BCUT2D eigenvalue weighted by Gasteiger charge is -1.99. The topological polar surface area (TPSA) is 12.9 Å². The zero-order valence-electron chi connectivity index (χ0n) is 5.30. The Morgan fingerprint density at radius 3 is 2.40 bits per heavy atom. The minimum atomic E-state index is 0.678. The number of alkyl halides is 2. The van der Waals surface area contributed by atoms with Crippen molar-refractivity contribution in [1.29, 1.82) is 0 Å². The van der Waals surface area contributed by atoms with Crippen LogP contribution in [0.5, 0.6) is 0 Å². The summed E-state index contributed by atoms with van der Waals surface area (Å²) in [5, 5.41) is 0. The molecule has 0 N–H and O–H groups in total. The van der Waals surface area contributed by atoms with Gasteiger partial charge >= 0.3 is 0 Å². The summed E-state index contributed by atoms with van der Waals surface area (Å²) >= 11 is 4.82. The van der Waals surface area contributed by atoms with Gasteiger partial charge < -0.3 is 0 Å². The van der Waals surface area contributed by atoms with Gasteiger partial charge in [0.15, 0.2) is 0 Å². The fourth-order valence-corrected chi connectivity index (χ4v) is 1.71. The molecule has 1 rings (SSSR count). The van der Waals surface area contributed by atoms with Gasteiger partial charge in [0.1, 0.15) is 0 Å². The van der Waals surface area contributed by atoms with Gasteiger partial charge in [-0.15, -0.1) is 0 Å². The molecule has 0 spiro atoms. The molecule has 0 atom stereocenters. The maximum atomic E-state index is 3.95. The highest BCUT2D eigenvalue weighted by Crippen LogP contribution is 2.15. The summed E-state index contributed by atoms with van der Waals surface area (Å²) < 4.78 is 0.678. The predicted molar refractivity (Wildman–Crippen MR) is 59.8 cm³/mol. The minimum Gasteiger partial charge on any atom is -0.265 e. The van der Waals surface area contributed by atoms with E-state index < -0.39 is 0 Å². The molecule has 1 nitrogen and oxygen atoms in total. The van der Waals surface area contributed by atoms with Crippen LogP contribution in [0.25, 0.3) is 0 Å². The van der Waals surface area contributed by atoms with Gasteiger partial charge in [0.05, 0.1) is 1.93 Å². The van der Waals surface area contributed by atoms with Crippen LogP contribution in [0.3, 0.4) is 0 Å². The van der Waals surface area contributed by atoms with Crippen LogP contribution >= 0.6 is 45.2 Å². The molecule has 0 amide bonds. The van der Waals surface area contributed by atoms with Crippen molar-refractivity contribution in [1.82, 2.24) is 4.98 Å². The quantitative estimate of drug-likeness (QED) is 0.585. The van der Waals surface area contributed by atoms with Crippen LogP contribution in [-0.4, -0.2) is 6.92 Å². The molecule has 10 heavy (non-hydrogen) atoms. The van der Waals surface area contributed by atoms with E-state index in [2.05, 4.69) is 62.3 Å². The molecule has 0 saturated heterocycles. The first-order chi connectivity index (χ1) is 4.79. The van der Waals surface area contributed by atoms with E-state index in [0.29, 0.717) is 1.93 Å². The van der Waals surface area contributed by atoms with Crippen LogP contribution in [0, 0.1) is 0 Å². The van der Waals surface area contributed by atoms with E-state index in [1.165, 1.54) is 5.56 Å². The second-order valence-electron chi connectivity index (χ2n) is 1.95. The van der Waals surface area contributed by atoms with E-state index in [-0.39, 0.29) is 0 Å². The summed E-state index contributed by atoms with van der Waals surface area (Å²) in [7, 11) is 0. The number of halogens is 2.